The number of hydrogen-bond acceptors (Lipinski definition) is 3. The minimum absolute atomic E-state index is 0.0368. The lowest BCUT2D eigenvalue weighted by atomic mass is 9.96. The minimum atomic E-state index is -0.362. The van der Waals surface area contributed by atoms with E-state index in [-0.39, 0.29) is 23.8 Å². The molecule has 0 aromatic heterocycles. The summed E-state index contributed by atoms with van der Waals surface area (Å²) in [6, 6.07) is -0.362. The summed E-state index contributed by atoms with van der Waals surface area (Å²) in [7, 11) is 1.37. The van der Waals surface area contributed by atoms with Crippen LogP contribution >= 0.6 is 0 Å². The van der Waals surface area contributed by atoms with Crippen molar-refractivity contribution in [3.05, 3.63) is 0 Å². The first kappa shape index (κ1) is 13.0. The van der Waals surface area contributed by atoms with Gasteiger partial charge in [0.2, 0.25) is 5.91 Å². The zero-order valence-electron chi connectivity index (χ0n) is 10.5. The van der Waals surface area contributed by atoms with E-state index in [9.17, 15) is 9.59 Å². The molecule has 1 amide bonds. The van der Waals surface area contributed by atoms with E-state index in [1.165, 1.54) is 7.11 Å². The molecule has 0 spiro atoms. The van der Waals surface area contributed by atoms with Crippen LogP contribution in [0.5, 0.6) is 0 Å². The largest absolute Gasteiger partial charge is 0.467 e. The zero-order valence-corrected chi connectivity index (χ0v) is 10.5. The third kappa shape index (κ3) is 2.54. The molecule has 0 bridgehead atoms. The number of carbonyl (C=O) groups is 2. The fourth-order valence-corrected chi connectivity index (χ4v) is 1.96. The van der Waals surface area contributed by atoms with Crippen LogP contribution in [-0.2, 0) is 14.3 Å². The Labute approximate surface area is 96.9 Å². The summed E-state index contributed by atoms with van der Waals surface area (Å²) in [5.41, 5.74) is 0. The Morgan fingerprint density at radius 2 is 1.94 bits per heavy atom. The third-order valence-electron chi connectivity index (χ3n) is 3.40. The average molecular weight is 227 g/mol. The quantitative estimate of drug-likeness (QED) is 0.685. The van der Waals surface area contributed by atoms with Crippen LogP contribution in [0.1, 0.15) is 33.6 Å². The maximum Gasteiger partial charge on any atom is 0.328 e. The van der Waals surface area contributed by atoms with Crippen molar-refractivity contribution < 1.29 is 14.3 Å². The first-order valence-electron chi connectivity index (χ1n) is 5.87. The Balaban J connectivity index is 2.71. The van der Waals surface area contributed by atoms with Crippen molar-refractivity contribution in [2.45, 2.75) is 39.7 Å². The van der Waals surface area contributed by atoms with Gasteiger partial charge in [0.05, 0.1) is 7.11 Å². The van der Waals surface area contributed by atoms with Crippen LogP contribution < -0.4 is 0 Å². The van der Waals surface area contributed by atoms with Gasteiger partial charge in [-0.15, -0.1) is 0 Å². The summed E-state index contributed by atoms with van der Waals surface area (Å²) in [5, 5.41) is 0. The van der Waals surface area contributed by atoms with Gasteiger partial charge < -0.3 is 9.64 Å². The number of hydrogen-bond donors (Lipinski definition) is 0. The van der Waals surface area contributed by atoms with Crippen molar-refractivity contribution >= 4 is 11.9 Å². The third-order valence-corrected chi connectivity index (χ3v) is 3.40. The van der Waals surface area contributed by atoms with E-state index < -0.39 is 0 Å². The van der Waals surface area contributed by atoms with Crippen LogP contribution in [-0.4, -0.2) is 36.5 Å². The van der Waals surface area contributed by atoms with E-state index in [1.54, 1.807) is 4.90 Å². The van der Waals surface area contributed by atoms with Gasteiger partial charge in [-0.25, -0.2) is 4.79 Å². The smallest absolute Gasteiger partial charge is 0.328 e. The lowest BCUT2D eigenvalue weighted by molar-refractivity contribution is -0.152. The van der Waals surface area contributed by atoms with Crippen molar-refractivity contribution in [1.82, 2.24) is 4.90 Å². The molecule has 16 heavy (non-hydrogen) atoms. The molecule has 4 heteroatoms. The highest BCUT2D eigenvalue weighted by atomic mass is 16.5. The maximum absolute atomic E-state index is 12.1. The molecule has 1 rings (SSSR count). The van der Waals surface area contributed by atoms with Gasteiger partial charge in [0.1, 0.15) is 6.04 Å². The number of methoxy groups -OCH3 is 1. The molecule has 0 radical (unpaired) electrons. The van der Waals surface area contributed by atoms with Crippen molar-refractivity contribution in [1.29, 1.82) is 0 Å². The molecule has 1 aliphatic heterocycles. The molecule has 0 aliphatic carbocycles. The summed E-state index contributed by atoms with van der Waals surface area (Å²) in [5.74, 6) is 0.0429. The van der Waals surface area contributed by atoms with Gasteiger partial charge in [-0.1, -0.05) is 20.8 Å². The highest BCUT2D eigenvalue weighted by Crippen LogP contribution is 2.23. The Morgan fingerprint density at radius 1 is 1.31 bits per heavy atom. The number of likely N-dealkylation sites (tertiary alicyclic amines) is 1. The predicted molar refractivity (Wildman–Crippen MR) is 60.8 cm³/mol. The predicted octanol–water partition coefficient (Wildman–Crippen LogP) is 1.44. The molecule has 2 atom stereocenters. The van der Waals surface area contributed by atoms with Crippen LogP contribution in [0, 0.1) is 11.8 Å². The Kier molecular flexibility index (Phi) is 4.33. The second-order valence-corrected chi connectivity index (χ2v) is 4.75. The van der Waals surface area contributed by atoms with E-state index in [1.807, 2.05) is 20.8 Å². The first-order chi connectivity index (χ1) is 7.49. The molecule has 4 nitrogen and oxygen atoms in total. The molecule has 92 valence electrons. The highest BCUT2D eigenvalue weighted by molar-refractivity contribution is 5.86. The van der Waals surface area contributed by atoms with Gasteiger partial charge in [-0.05, 0) is 18.8 Å². The number of rotatable bonds is 3. The number of amides is 1. The number of esters is 1. The summed E-state index contributed by atoms with van der Waals surface area (Å²) in [4.78, 5) is 25.3. The summed E-state index contributed by atoms with van der Waals surface area (Å²) < 4.78 is 4.72. The van der Waals surface area contributed by atoms with Gasteiger partial charge in [0, 0.05) is 12.5 Å². The van der Waals surface area contributed by atoms with E-state index in [0.29, 0.717) is 12.5 Å². The molecule has 0 saturated carbocycles. The fourth-order valence-electron chi connectivity index (χ4n) is 1.96. The average Bonchev–Trinajstić information content (AvgIpc) is 2.74. The second kappa shape index (κ2) is 5.32. The van der Waals surface area contributed by atoms with E-state index >= 15 is 0 Å². The standard InChI is InChI=1S/C12H21NO3/c1-8(2)9(3)11(14)13-7-5-6-10(13)12(15)16-4/h8-10H,5-7H2,1-4H3/t9-,10?/m0/s1. The zero-order chi connectivity index (χ0) is 12.3. The second-order valence-electron chi connectivity index (χ2n) is 4.75. The summed E-state index contributed by atoms with van der Waals surface area (Å²) in [6.07, 6.45) is 1.61. The molecule has 0 aromatic carbocycles. The molecular formula is C12H21NO3. The molecule has 1 aliphatic rings. The Hall–Kier alpha value is -1.06. The maximum atomic E-state index is 12.1. The number of ether oxygens (including phenoxy) is 1. The Bertz CT molecular complexity index is 275. The lowest BCUT2D eigenvalue weighted by Gasteiger charge is -2.27. The van der Waals surface area contributed by atoms with Crippen LogP contribution in [0.2, 0.25) is 0 Å². The molecule has 1 unspecified atom stereocenters. The van der Waals surface area contributed by atoms with Crippen LogP contribution in [0.3, 0.4) is 0 Å². The van der Waals surface area contributed by atoms with E-state index in [0.717, 1.165) is 12.8 Å². The molecular weight excluding hydrogens is 206 g/mol. The van der Waals surface area contributed by atoms with Crippen LogP contribution in [0.15, 0.2) is 0 Å². The van der Waals surface area contributed by atoms with Gasteiger partial charge in [0.15, 0.2) is 0 Å². The van der Waals surface area contributed by atoms with Crippen LogP contribution in [0.25, 0.3) is 0 Å². The van der Waals surface area contributed by atoms with Crippen molar-refractivity contribution in [3.63, 3.8) is 0 Å². The number of carbonyl (C=O) groups excluding carboxylic acids is 2. The Morgan fingerprint density at radius 3 is 2.44 bits per heavy atom. The molecule has 1 heterocycles. The fraction of sp³-hybridized carbons (Fsp3) is 0.833. The minimum Gasteiger partial charge on any atom is -0.467 e. The normalized spacial score (nSPS) is 22.3. The number of nitrogens with zero attached hydrogens (tertiary/aromatic N) is 1. The van der Waals surface area contributed by atoms with Crippen molar-refractivity contribution in [2.24, 2.45) is 11.8 Å². The molecule has 0 N–H and O–H groups in total. The lowest BCUT2D eigenvalue weighted by Crippen LogP contribution is -2.44. The van der Waals surface area contributed by atoms with Crippen molar-refractivity contribution in [2.75, 3.05) is 13.7 Å². The molecule has 1 saturated heterocycles. The topological polar surface area (TPSA) is 46.6 Å². The summed E-state index contributed by atoms with van der Waals surface area (Å²) >= 11 is 0. The highest BCUT2D eigenvalue weighted by Gasteiger charge is 2.36. The van der Waals surface area contributed by atoms with E-state index in [2.05, 4.69) is 0 Å². The molecule has 0 aromatic rings. The van der Waals surface area contributed by atoms with Crippen molar-refractivity contribution in [3.8, 4) is 0 Å². The van der Waals surface area contributed by atoms with Crippen LogP contribution in [0.4, 0.5) is 0 Å². The van der Waals surface area contributed by atoms with Gasteiger partial charge in [-0.3, -0.25) is 4.79 Å². The van der Waals surface area contributed by atoms with E-state index in [4.69, 9.17) is 4.74 Å². The van der Waals surface area contributed by atoms with Gasteiger partial charge >= 0.3 is 5.97 Å². The summed E-state index contributed by atoms with van der Waals surface area (Å²) in [6.45, 7) is 6.63. The SMILES string of the molecule is COC(=O)C1CCCN1C(=O)[C@@H](C)C(C)C. The molecule has 1 fully saturated rings. The van der Waals surface area contributed by atoms with Gasteiger partial charge in [0.25, 0.3) is 0 Å². The van der Waals surface area contributed by atoms with Gasteiger partial charge in [-0.2, -0.15) is 0 Å². The first-order valence-corrected chi connectivity index (χ1v) is 5.87. The monoisotopic (exact) mass is 227 g/mol.